The van der Waals surface area contributed by atoms with Crippen LogP contribution in [0.2, 0.25) is 0 Å². The molecule has 3 rings (SSSR count). The fourth-order valence-corrected chi connectivity index (χ4v) is 2.81. The van der Waals surface area contributed by atoms with Crippen LogP contribution in [0.5, 0.6) is 0 Å². The molecule has 1 aliphatic heterocycles. The van der Waals surface area contributed by atoms with Crippen LogP contribution in [-0.4, -0.2) is 40.2 Å². The maximum Gasteiger partial charge on any atom is 0.232 e. The van der Waals surface area contributed by atoms with E-state index in [9.17, 15) is 0 Å². The van der Waals surface area contributed by atoms with E-state index >= 15 is 0 Å². The summed E-state index contributed by atoms with van der Waals surface area (Å²) in [6, 6.07) is 0. The van der Waals surface area contributed by atoms with Gasteiger partial charge in [-0.25, -0.2) is 4.98 Å². The molecule has 0 atom stereocenters. The van der Waals surface area contributed by atoms with Crippen LogP contribution < -0.4 is 0 Å². The number of piperidine rings is 1. The second-order valence-electron chi connectivity index (χ2n) is 4.78. The summed E-state index contributed by atoms with van der Waals surface area (Å²) in [6.07, 6.45) is 2.88. The van der Waals surface area contributed by atoms with Crippen molar-refractivity contribution < 1.29 is 4.52 Å². The van der Waals surface area contributed by atoms with Crippen molar-refractivity contribution in [1.29, 1.82) is 0 Å². The number of thiazole rings is 1. The summed E-state index contributed by atoms with van der Waals surface area (Å²) in [5.41, 5.74) is 2.82. The summed E-state index contributed by atoms with van der Waals surface area (Å²) >= 11 is 1.59. The lowest BCUT2D eigenvalue weighted by Gasteiger charge is -2.26. The molecule has 96 valence electrons. The van der Waals surface area contributed by atoms with Gasteiger partial charge in [0.2, 0.25) is 5.89 Å². The molecule has 18 heavy (non-hydrogen) atoms. The SMILES string of the molecule is CN1CCC(c2noc(Cc3cscn3)n2)CC1. The van der Waals surface area contributed by atoms with Crippen LogP contribution in [0.4, 0.5) is 0 Å². The number of nitrogens with zero attached hydrogens (tertiary/aromatic N) is 4. The van der Waals surface area contributed by atoms with Crippen LogP contribution in [0.1, 0.15) is 36.2 Å². The van der Waals surface area contributed by atoms with Gasteiger partial charge in [-0.05, 0) is 33.0 Å². The van der Waals surface area contributed by atoms with Gasteiger partial charge in [0, 0.05) is 11.3 Å². The van der Waals surface area contributed by atoms with E-state index in [1.165, 1.54) is 0 Å². The molecule has 0 aliphatic carbocycles. The fourth-order valence-electron chi connectivity index (χ4n) is 2.25. The smallest absolute Gasteiger partial charge is 0.232 e. The van der Waals surface area contributed by atoms with Gasteiger partial charge in [0.1, 0.15) is 0 Å². The molecular formula is C12H16N4OS. The van der Waals surface area contributed by atoms with E-state index in [1.54, 1.807) is 11.3 Å². The molecule has 3 heterocycles. The zero-order valence-corrected chi connectivity index (χ0v) is 11.2. The van der Waals surface area contributed by atoms with Gasteiger partial charge in [-0.2, -0.15) is 4.98 Å². The van der Waals surface area contributed by atoms with Crippen LogP contribution in [0.3, 0.4) is 0 Å². The standard InChI is InChI=1S/C12H16N4OS/c1-16-4-2-9(3-5-16)12-14-11(17-15-12)6-10-7-18-8-13-10/h7-9H,2-6H2,1H3. The number of aromatic nitrogens is 3. The van der Waals surface area contributed by atoms with Gasteiger partial charge in [0.15, 0.2) is 5.82 Å². The molecule has 1 fully saturated rings. The Morgan fingerprint density at radius 3 is 3.00 bits per heavy atom. The van der Waals surface area contributed by atoms with Crippen LogP contribution >= 0.6 is 11.3 Å². The summed E-state index contributed by atoms with van der Waals surface area (Å²) in [7, 11) is 2.15. The minimum atomic E-state index is 0.453. The first-order chi connectivity index (χ1) is 8.81. The van der Waals surface area contributed by atoms with Crippen LogP contribution in [0, 0.1) is 0 Å². The first kappa shape index (κ1) is 11.8. The summed E-state index contributed by atoms with van der Waals surface area (Å²) in [5, 5.41) is 6.13. The van der Waals surface area contributed by atoms with Crippen molar-refractivity contribution in [2.45, 2.75) is 25.2 Å². The lowest BCUT2D eigenvalue weighted by atomic mass is 9.97. The van der Waals surface area contributed by atoms with Crippen molar-refractivity contribution in [2.24, 2.45) is 0 Å². The Kier molecular flexibility index (Phi) is 3.38. The molecule has 2 aromatic rings. The maximum atomic E-state index is 5.31. The molecule has 5 nitrogen and oxygen atoms in total. The molecule has 0 N–H and O–H groups in total. The Bertz CT molecular complexity index is 488. The predicted molar refractivity (Wildman–Crippen MR) is 68.7 cm³/mol. The minimum absolute atomic E-state index is 0.453. The van der Waals surface area contributed by atoms with E-state index in [-0.39, 0.29) is 0 Å². The Balaban J connectivity index is 1.66. The van der Waals surface area contributed by atoms with Crippen molar-refractivity contribution in [1.82, 2.24) is 20.0 Å². The van der Waals surface area contributed by atoms with E-state index in [2.05, 4.69) is 27.1 Å². The van der Waals surface area contributed by atoms with Gasteiger partial charge in [0.25, 0.3) is 0 Å². The third-order valence-electron chi connectivity index (χ3n) is 3.38. The third-order valence-corrected chi connectivity index (χ3v) is 4.02. The largest absolute Gasteiger partial charge is 0.339 e. The zero-order valence-electron chi connectivity index (χ0n) is 10.4. The van der Waals surface area contributed by atoms with E-state index < -0.39 is 0 Å². The van der Waals surface area contributed by atoms with Gasteiger partial charge in [-0.1, -0.05) is 5.16 Å². The number of hydrogen-bond donors (Lipinski definition) is 0. The average molecular weight is 264 g/mol. The molecule has 0 bridgehead atoms. The van der Waals surface area contributed by atoms with Crippen molar-refractivity contribution in [3.8, 4) is 0 Å². The Morgan fingerprint density at radius 2 is 2.28 bits per heavy atom. The van der Waals surface area contributed by atoms with Crippen molar-refractivity contribution >= 4 is 11.3 Å². The molecule has 0 aromatic carbocycles. The van der Waals surface area contributed by atoms with Crippen LogP contribution in [-0.2, 0) is 6.42 Å². The molecular weight excluding hydrogens is 248 g/mol. The zero-order chi connectivity index (χ0) is 12.4. The van der Waals surface area contributed by atoms with E-state index in [1.807, 2.05) is 10.9 Å². The molecule has 0 radical (unpaired) electrons. The molecule has 1 aliphatic rings. The molecule has 6 heteroatoms. The summed E-state index contributed by atoms with van der Waals surface area (Å²) in [6.45, 7) is 2.22. The van der Waals surface area contributed by atoms with Crippen LogP contribution in [0.15, 0.2) is 15.4 Å². The minimum Gasteiger partial charge on any atom is -0.339 e. The molecule has 0 saturated carbocycles. The second kappa shape index (κ2) is 5.16. The molecule has 2 aromatic heterocycles. The van der Waals surface area contributed by atoms with Gasteiger partial charge in [-0.15, -0.1) is 11.3 Å². The summed E-state index contributed by atoms with van der Waals surface area (Å²) in [4.78, 5) is 11.1. The molecule has 0 unspecified atom stereocenters. The van der Waals surface area contributed by atoms with Crippen molar-refractivity contribution in [3.05, 3.63) is 28.3 Å². The predicted octanol–water partition coefficient (Wildman–Crippen LogP) is 1.93. The normalized spacial score (nSPS) is 18.3. The topological polar surface area (TPSA) is 55.1 Å². The number of rotatable bonds is 3. The molecule has 1 saturated heterocycles. The lowest BCUT2D eigenvalue weighted by Crippen LogP contribution is -2.29. The number of hydrogen-bond acceptors (Lipinski definition) is 6. The van der Waals surface area contributed by atoms with Gasteiger partial charge >= 0.3 is 0 Å². The molecule has 0 amide bonds. The van der Waals surface area contributed by atoms with Gasteiger partial charge < -0.3 is 9.42 Å². The Hall–Kier alpha value is -1.27. The van der Waals surface area contributed by atoms with Gasteiger partial charge in [0.05, 0.1) is 17.6 Å². The van der Waals surface area contributed by atoms with Crippen molar-refractivity contribution in [2.75, 3.05) is 20.1 Å². The van der Waals surface area contributed by atoms with Crippen LogP contribution in [0.25, 0.3) is 0 Å². The highest BCUT2D eigenvalue weighted by Crippen LogP contribution is 2.25. The summed E-state index contributed by atoms with van der Waals surface area (Å²) in [5.74, 6) is 2.00. The third kappa shape index (κ3) is 2.59. The highest BCUT2D eigenvalue weighted by Gasteiger charge is 2.23. The summed E-state index contributed by atoms with van der Waals surface area (Å²) < 4.78 is 5.31. The highest BCUT2D eigenvalue weighted by molar-refractivity contribution is 7.07. The quantitative estimate of drug-likeness (QED) is 0.848. The fraction of sp³-hybridized carbons (Fsp3) is 0.583. The first-order valence-corrected chi connectivity index (χ1v) is 7.13. The van der Waals surface area contributed by atoms with Crippen molar-refractivity contribution in [3.63, 3.8) is 0 Å². The number of likely N-dealkylation sites (tertiary alicyclic amines) is 1. The Labute approximate surface area is 110 Å². The average Bonchev–Trinajstić information content (AvgIpc) is 3.02. The Morgan fingerprint density at radius 1 is 1.44 bits per heavy atom. The highest BCUT2D eigenvalue weighted by atomic mass is 32.1. The maximum absolute atomic E-state index is 5.31. The lowest BCUT2D eigenvalue weighted by molar-refractivity contribution is 0.248. The van der Waals surface area contributed by atoms with E-state index in [0.29, 0.717) is 18.2 Å². The molecule has 0 spiro atoms. The monoisotopic (exact) mass is 264 g/mol. The van der Waals surface area contributed by atoms with E-state index in [0.717, 1.165) is 37.4 Å². The van der Waals surface area contributed by atoms with Gasteiger partial charge in [-0.3, -0.25) is 0 Å². The van der Waals surface area contributed by atoms with E-state index in [4.69, 9.17) is 4.52 Å². The second-order valence-corrected chi connectivity index (χ2v) is 5.50. The first-order valence-electron chi connectivity index (χ1n) is 6.19.